The summed E-state index contributed by atoms with van der Waals surface area (Å²) >= 11 is 0. The Morgan fingerprint density at radius 2 is 1.73 bits per heavy atom. The Bertz CT molecular complexity index is 583. The second-order valence-electron chi connectivity index (χ2n) is 3.96. The quantitative estimate of drug-likeness (QED) is 0.733. The van der Waals surface area contributed by atoms with Crippen LogP contribution in [0.5, 0.6) is 0 Å². The van der Waals surface area contributed by atoms with Gasteiger partial charge in [-0.2, -0.15) is 0 Å². The highest BCUT2D eigenvalue weighted by Crippen LogP contribution is 2.20. The molecule has 0 bridgehead atoms. The summed E-state index contributed by atoms with van der Waals surface area (Å²) in [6, 6.07) is 5.94. The Hall–Kier alpha value is -1.77. The van der Waals surface area contributed by atoms with Crippen LogP contribution in [0, 0.1) is 0 Å². The van der Waals surface area contributed by atoms with Crippen molar-refractivity contribution in [1.82, 2.24) is 9.97 Å². The van der Waals surface area contributed by atoms with Gasteiger partial charge in [0.1, 0.15) is 0 Å². The first kappa shape index (κ1) is 9.77. The number of aromatic amines is 2. The minimum Gasteiger partial charge on any atom is -0.306 e. The normalized spacial score (nSPS) is 10.6. The lowest BCUT2D eigenvalue weighted by Crippen LogP contribution is -1.99. The second kappa shape index (κ2) is 3.42. The third-order valence-electron chi connectivity index (χ3n) is 2.70. The number of H-pyrrole nitrogens is 2. The maximum Gasteiger partial charge on any atom is 0.323 e. The summed E-state index contributed by atoms with van der Waals surface area (Å²) < 4.78 is 0. The average Bonchev–Trinajstić information content (AvgIpc) is 2.55. The van der Waals surface area contributed by atoms with Gasteiger partial charge in [-0.3, -0.25) is 0 Å². The van der Waals surface area contributed by atoms with Gasteiger partial charge in [-0.05, 0) is 44.0 Å². The maximum atomic E-state index is 11.1. The van der Waals surface area contributed by atoms with Crippen LogP contribution in [0.2, 0.25) is 0 Å². The Labute approximate surface area is 87.8 Å². The number of hydrogen-bond acceptors (Lipinski definition) is 1. The van der Waals surface area contributed by atoms with Gasteiger partial charge in [-0.25, -0.2) is 4.79 Å². The van der Waals surface area contributed by atoms with Crippen molar-refractivity contribution in [2.45, 2.75) is 20.8 Å². The molecule has 78 valence electrons. The second-order valence-corrected chi connectivity index (χ2v) is 3.96. The fraction of sp³-hybridized carbons (Fsp3) is 0.250. The van der Waals surface area contributed by atoms with E-state index in [-0.39, 0.29) is 5.69 Å². The number of hydrogen-bond donors (Lipinski definition) is 2. The zero-order chi connectivity index (χ0) is 11.0. The van der Waals surface area contributed by atoms with Gasteiger partial charge in [0.15, 0.2) is 0 Å². The molecule has 2 aromatic rings. The van der Waals surface area contributed by atoms with Gasteiger partial charge in [0.25, 0.3) is 0 Å². The molecule has 1 heterocycles. The highest BCUT2D eigenvalue weighted by molar-refractivity contribution is 5.80. The van der Waals surface area contributed by atoms with Crippen LogP contribution in [0.3, 0.4) is 0 Å². The molecule has 0 saturated heterocycles. The summed E-state index contributed by atoms with van der Waals surface area (Å²) in [6.07, 6.45) is 0. The van der Waals surface area contributed by atoms with E-state index in [1.165, 1.54) is 11.1 Å². The fourth-order valence-electron chi connectivity index (χ4n) is 1.55. The molecular weight excluding hydrogens is 188 g/mol. The van der Waals surface area contributed by atoms with E-state index in [0.717, 1.165) is 16.6 Å². The third kappa shape index (κ3) is 1.73. The van der Waals surface area contributed by atoms with Crippen LogP contribution in [0.25, 0.3) is 16.6 Å². The van der Waals surface area contributed by atoms with Crippen molar-refractivity contribution >= 4 is 16.6 Å². The highest BCUT2D eigenvalue weighted by Gasteiger charge is 2.01. The van der Waals surface area contributed by atoms with E-state index in [1.807, 2.05) is 18.2 Å². The first-order valence-electron chi connectivity index (χ1n) is 4.94. The fourth-order valence-corrected chi connectivity index (χ4v) is 1.55. The van der Waals surface area contributed by atoms with Crippen molar-refractivity contribution in [2.75, 3.05) is 0 Å². The summed E-state index contributed by atoms with van der Waals surface area (Å²) in [5.74, 6) is 0. The van der Waals surface area contributed by atoms with E-state index in [1.54, 1.807) is 0 Å². The molecule has 0 fully saturated rings. The predicted molar refractivity (Wildman–Crippen MR) is 62.9 cm³/mol. The Morgan fingerprint density at radius 1 is 1.07 bits per heavy atom. The molecule has 3 nitrogen and oxygen atoms in total. The first-order valence-corrected chi connectivity index (χ1v) is 4.94. The Balaban J connectivity index is 2.66. The van der Waals surface area contributed by atoms with Crippen LogP contribution >= 0.6 is 0 Å². The zero-order valence-electron chi connectivity index (χ0n) is 9.14. The molecule has 0 spiro atoms. The highest BCUT2D eigenvalue weighted by atomic mass is 16.1. The smallest absolute Gasteiger partial charge is 0.306 e. The number of benzene rings is 1. The van der Waals surface area contributed by atoms with Gasteiger partial charge >= 0.3 is 5.69 Å². The minimum atomic E-state index is -0.156. The van der Waals surface area contributed by atoms with Gasteiger partial charge < -0.3 is 9.97 Å². The van der Waals surface area contributed by atoms with E-state index in [0.29, 0.717) is 0 Å². The van der Waals surface area contributed by atoms with Gasteiger partial charge in [-0.15, -0.1) is 0 Å². The molecule has 0 atom stereocenters. The van der Waals surface area contributed by atoms with E-state index in [2.05, 4.69) is 30.7 Å². The molecule has 0 amide bonds. The summed E-state index contributed by atoms with van der Waals surface area (Å²) in [5.41, 5.74) is 5.24. The third-order valence-corrected chi connectivity index (χ3v) is 2.70. The Kier molecular flexibility index (Phi) is 2.23. The van der Waals surface area contributed by atoms with Crippen molar-refractivity contribution in [3.05, 3.63) is 39.8 Å². The van der Waals surface area contributed by atoms with Crippen LogP contribution in [-0.4, -0.2) is 9.97 Å². The molecular formula is C12H14N2O. The molecule has 2 N–H and O–H groups in total. The van der Waals surface area contributed by atoms with Crippen molar-refractivity contribution in [1.29, 1.82) is 0 Å². The van der Waals surface area contributed by atoms with Crippen molar-refractivity contribution in [3.63, 3.8) is 0 Å². The number of nitrogens with one attached hydrogen (secondary N) is 2. The molecule has 2 rings (SSSR count). The van der Waals surface area contributed by atoms with Gasteiger partial charge in [-0.1, -0.05) is 11.6 Å². The number of rotatable bonds is 1. The number of fused-ring (bicyclic) bond motifs is 1. The number of aromatic nitrogens is 2. The molecule has 1 aromatic heterocycles. The molecule has 0 aliphatic carbocycles. The molecule has 15 heavy (non-hydrogen) atoms. The minimum absolute atomic E-state index is 0.156. The van der Waals surface area contributed by atoms with Crippen molar-refractivity contribution in [3.8, 4) is 0 Å². The summed E-state index contributed by atoms with van der Waals surface area (Å²) in [4.78, 5) is 16.6. The van der Waals surface area contributed by atoms with Crippen LogP contribution in [0.15, 0.2) is 28.6 Å². The monoisotopic (exact) mass is 202 g/mol. The SMILES string of the molecule is CC(C)=C(C)c1ccc2[nH]c(=O)[nH]c2c1. The van der Waals surface area contributed by atoms with Crippen LogP contribution in [0.4, 0.5) is 0 Å². The topological polar surface area (TPSA) is 48.6 Å². The van der Waals surface area contributed by atoms with Crippen LogP contribution < -0.4 is 5.69 Å². The lowest BCUT2D eigenvalue weighted by atomic mass is 10.0. The molecule has 0 aliphatic heterocycles. The van der Waals surface area contributed by atoms with Crippen molar-refractivity contribution < 1.29 is 0 Å². The van der Waals surface area contributed by atoms with E-state index < -0.39 is 0 Å². The molecule has 3 heteroatoms. The van der Waals surface area contributed by atoms with Gasteiger partial charge in [0, 0.05) is 0 Å². The van der Waals surface area contributed by atoms with Crippen molar-refractivity contribution in [2.24, 2.45) is 0 Å². The standard InChI is InChI=1S/C12H14N2O/c1-7(2)8(3)9-4-5-10-11(6-9)14-12(15)13-10/h4-6H,1-3H3,(H2,13,14,15). The molecule has 0 saturated carbocycles. The van der Waals surface area contributed by atoms with Crippen LogP contribution in [0.1, 0.15) is 26.3 Å². The molecule has 1 aromatic carbocycles. The molecule has 0 aliphatic rings. The van der Waals surface area contributed by atoms with Crippen LogP contribution in [-0.2, 0) is 0 Å². The maximum absolute atomic E-state index is 11.1. The first-order chi connectivity index (χ1) is 7.08. The number of allylic oxidation sites excluding steroid dienone is 2. The molecule has 0 unspecified atom stereocenters. The van der Waals surface area contributed by atoms with E-state index >= 15 is 0 Å². The van der Waals surface area contributed by atoms with E-state index in [4.69, 9.17) is 0 Å². The summed E-state index contributed by atoms with van der Waals surface area (Å²) in [5, 5.41) is 0. The average molecular weight is 202 g/mol. The van der Waals surface area contributed by atoms with E-state index in [9.17, 15) is 4.79 Å². The zero-order valence-corrected chi connectivity index (χ0v) is 9.14. The largest absolute Gasteiger partial charge is 0.323 e. The lowest BCUT2D eigenvalue weighted by Gasteiger charge is -2.03. The molecule has 0 radical (unpaired) electrons. The summed E-state index contributed by atoms with van der Waals surface area (Å²) in [6.45, 7) is 6.25. The lowest BCUT2D eigenvalue weighted by molar-refractivity contribution is 1.21. The summed E-state index contributed by atoms with van der Waals surface area (Å²) in [7, 11) is 0. The van der Waals surface area contributed by atoms with Gasteiger partial charge in [0.05, 0.1) is 11.0 Å². The Morgan fingerprint density at radius 3 is 2.40 bits per heavy atom. The van der Waals surface area contributed by atoms with Gasteiger partial charge in [0.2, 0.25) is 0 Å². The number of imidazole rings is 1. The predicted octanol–water partition coefficient (Wildman–Crippen LogP) is 2.67.